The third kappa shape index (κ3) is 3.99. The van der Waals surface area contributed by atoms with Crippen molar-refractivity contribution in [3.63, 3.8) is 0 Å². The van der Waals surface area contributed by atoms with Crippen molar-refractivity contribution in [2.24, 2.45) is 0 Å². The average Bonchev–Trinajstić information content (AvgIpc) is 2.62. The van der Waals surface area contributed by atoms with Crippen LogP contribution in [-0.2, 0) is 6.42 Å². The molecular formula is C22H26N2O. The lowest BCUT2D eigenvalue weighted by molar-refractivity contribution is 0.390. The van der Waals surface area contributed by atoms with E-state index in [1.165, 1.54) is 11.1 Å². The van der Waals surface area contributed by atoms with Crippen LogP contribution in [0.4, 0.5) is 0 Å². The Labute approximate surface area is 149 Å². The Morgan fingerprint density at radius 2 is 1.76 bits per heavy atom. The molecule has 0 amide bonds. The van der Waals surface area contributed by atoms with Gasteiger partial charge in [-0.2, -0.15) is 0 Å². The number of benzene rings is 2. The molecule has 0 aliphatic carbocycles. The summed E-state index contributed by atoms with van der Waals surface area (Å²) in [6, 6.07) is 19.1. The van der Waals surface area contributed by atoms with E-state index in [1.54, 1.807) is 0 Å². The summed E-state index contributed by atoms with van der Waals surface area (Å²) in [7, 11) is 4.22. The summed E-state index contributed by atoms with van der Waals surface area (Å²) in [4.78, 5) is 17.2. The Kier molecular flexibility index (Phi) is 5.34. The molecule has 0 saturated heterocycles. The second-order valence-corrected chi connectivity index (χ2v) is 6.88. The van der Waals surface area contributed by atoms with E-state index in [9.17, 15) is 4.79 Å². The van der Waals surface area contributed by atoms with Gasteiger partial charge in [-0.1, -0.05) is 43.3 Å². The lowest BCUT2D eigenvalue weighted by atomic mass is 9.87. The van der Waals surface area contributed by atoms with E-state index in [0.29, 0.717) is 5.92 Å². The summed E-state index contributed by atoms with van der Waals surface area (Å²) in [5, 5.41) is 1.11. The zero-order valence-corrected chi connectivity index (χ0v) is 15.3. The summed E-state index contributed by atoms with van der Waals surface area (Å²) >= 11 is 0. The van der Waals surface area contributed by atoms with Crippen LogP contribution in [0.25, 0.3) is 10.9 Å². The van der Waals surface area contributed by atoms with Crippen LogP contribution in [0.3, 0.4) is 0 Å². The van der Waals surface area contributed by atoms with E-state index >= 15 is 0 Å². The second-order valence-electron chi connectivity index (χ2n) is 6.88. The Bertz CT molecular complexity index is 897. The fourth-order valence-electron chi connectivity index (χ4n) is 3.35. The van der Waals surface area contributed by atoms with Gasteiger partial charge >= 0.3 is 0 Å². The maximum atomic E-state index is 12.0. The van der Waals surface area contributed by atoms with Crippen molar-refractivity contribution in [3.05, 3.63) is 81.6 Å². The molecule has 1 N–H and O–H groups in total. The van der Waals surface area contributed by atoms with Crippen molar-refractivity contribution in [1.29, 1.82) is 0 Å². The van der Waals surface area contributed by atoms with Gasteiger partial charge in [-0.3, -0.25) is 4.79 Å². The number of aromatic nitrogens is 1. The summed E-state index contributed by atoms with van der Waals surface area (Å²) in [6.07, 6.45) is 1.81. The van der Waals surface area contributed by atoms with Crippen molar-refractivity contribution in [2.75, 3.05) is 20.6 Å². The topological polar surface area (TPSA) is 36.1 Å². The lowest BCUT2D eigenvalue weighted by Crippen LogP contribution is -2.16. The molecule has 0 spiro atoms. The van der Waals surface area contributed by atoms with E-state index in [0.717, 1.165) is 35.9 Å². The van der Waals surface area contributed by atoms with E-state index in [1.807, 2.05) is 19.1 Å². The van der Waals surface area contributed by atoms with Gasteiger partial charge in [-0.05, 0) is 68.2 Å². The van der Waals surface area contributed by atoms with Crippen molar-refractivity contribution >= 4 is 10.9 Å². The van der Waals surface area contributed by atoms with Crippen LogP contribution in [0.2, 0.25) is 0 Å². The Balaban J connectivity index is 2.05. The molecule has 3 heteroatoms. The number of hydrogen-bond donors (Lipinski definition) is 1. The third-order valence-corrected chi connectivity index (χ3v) is 4.80. The fraction of sp³-hybridized carbons (Fsp3) is 0.318. The number of aryl methyl sites for hydroxylation is 1. The zero-order chi connectivity index (χ0) is 17.8. The van der Waals surface area contributed by atoms with Crippen LogP contribution >= 0.6 is 0 Å². The third-order valence-electron chi connectivity index (χ3n) is 4.80. The molecule has 25 heavy (non-hydrogen) atoms. The molecule has 1 atom stereocenters. The molecule has 2 aromatic carbocycles. The van der Waals surface area contributed by atoms with E-state index < -0.39 is 0 Å². The Hall–Kier alpha value is -2.39. The molecule has 130 valence electrons. The quantitative estimate of drug-likeness (QED) is 0.734. The first kappa shape index (κ1) is 17.4. The number of H-pyrrole nitrogens is 1. The van der Waals surface area contributed by atoms with Crippen LogP contribution in [0.5, 0.6) is 0 Å². The van der Waals surface area contributed by atoms with Crippen molar-refractivity contribution in [1.82, 2.24) is 9.88 Å². The minimum Gasteiger partial charge on any atom is -0.322 e. The molecule has 0 aliphatic heterocycles. The Morgan fingerprint density at radius 1 is 1.00 bits per heavy atom. The number of fused-ring (bicyclic) bond motifs is 1. The smallest absolute Gasteiger partial charge is 0.251 e. The molecular weight excluding hydrogens is 308 g/mol. The highest BCUT2D eigenvalue weighted by Gasteiger charge is 2.15. The van der Waals surface area contributed by atoms with Crippen LogP contribution < -0.4 is 5.56 Å². The molecule has 3 rings (SSSR count). The normalized spacial score (nSPS) is 12.6. The molecule has 0 bridgehead atoms. The number of nitrogens with zero attached hydrogens (tertiary/aromatic N) is 1. The fourth-order valence-corrected chi connectivity index (χ4v) is 3.35. The van der Waals surface area contributed by atoms with Crippen molar-refractivity contribution < 1.29 is 0 Å². The van der Waals surface area contributed by atoms with Gasteiger partial charge in [0.1, 0.15) is 0 Å². The monoisotopic (exact) mass is 334 g/mol. The van der Waals surface area contributed by atoms with Gasteiger partial charge in [0.05, 0.1) is 0 Å². The van der Waals surface area contributed by atoms with Crippen molar-refractivity contribution in [2.45, 2.75) is 25.7 Å². The average molecular weight is 334 g/mol. The van der Waals surface area contributed by atoms with Crippen LogP contribution in [0.1, 0.15) is 36.0 Å². The van der Waals surface area contributed by atoms with Crippen molar-refractivity contribution in [3.8, 4) is 0 Å². The van der Waals surface area contributed by atoms with Gasteiger partial charge in [-0.15, -0.1) is 0 Å². The molecule has 1 unspecified atom stereocenters. The Morgan fingerprint density at radius 3 is 2.44 bits per heavy atom. The van der Waals surface area contributed by atoms with Gasteiger partial charge in [0.25, 0.3) is 5.56 Å². The summed E-state index contributed by atoms with van der Waals surface area (Å²) in [5.74, 6) is 0.352. The highest BCUT2D eigenvalue weighted by atomic mass is 16.1. The van der Waals surface area contributed by atoms with Crippen LogP contribution in [-0.4, -0.2) is 30.5 Å². The van der Waals surface area contributed by atoms with Gasteiger partial charge in [-0.25, -0.2) is 0 Å². The van der Waals surface area contributed by atoms with E-state index in [4.69, 9.17) is 0 Å². The maximum Gasteiger partial charge on any atom is 0.251 e. The van der Waals surface area contributed by atoms with Crippen LogP contribution in [0, 0.1) is 0 Å². The number of rotatable bonds is 6. The molecule has 1 heterocycles. The minimum absolute atomic E-state index is 0.0231. The van der Waals surface area contributed by atoms with Gasteiger partial charge < -0.3 is 9.88 Å². The van der Waals surface area contributed by atoms with Crippen LogP contribution in [0.15, 0.2) is 59.4 Å². The summed E-state index contributed by atoms with van der Waals surface area (Å²) in [5.41, 5.74) is 4.41. The number of nitrogens with one attached hydrogen (secondary N) is 1. The SMILES string of the molecule is CCc1cc2cc(C(CCN(C)C)c3ccccc3)ccc2[nH]c1=O. The zero-order valence-electron chi connectivity index (χ0n) is 15.3. The maximum absolute atomic E-state index is 12.0. The minimum atomic E-state index is 0.0231. The highest BCUT2D eigenvalue weighted by Crippen LogP contribution is 2.30. The van der Waals surface area contributed by atoms with Gasteiger partial charge in [0, 0.05) is 17.0 Å². The lowest BCUT2D eigenvalue weighted by Gasteiger charge is -2.21. The molecule has 0 aliphatic rings. The molecule has 1 aromatic heterocycles. The summed E-state index contributed by atoms with van der Waals surface area (Å²) in [6.45, 7) is 3.05. The first-order chi connectivity index (χ1) is 12.1. The first-order valence-electron chi connectivity index (χ1n) is 8.94. The largest absolute Gasteiger partial charge is 0.322 e. The van der Waals surface area contributed by atoms with E-state index in [2.05, 4.69) is 66.4 Å². The first-order valence-corrected chi connectivity index (χ1v) is 8.94. The molecule has 3 nitrogen and oxygen atoms in total. The highest BCUT2D eigenvalue weighted by molar-refractivity contribution is 5.80. The standard InChI is InChI=1S/C22H26N2O/c1-4-16-14-19-15-18(10-11-21(19)23-22(16)25)20(12-13-24(2)3)17-8-6-5-7-9-17/h5-11,14-15,20H,4,12-13H2,1-3H3,(H,23,25). The predicted molar refractivity (Wildman–Crippen MR) is 105 cm³/mol. The second kappa shape index (κ2) is 7.66. The number of pyridine rings is 1. The summed E-state index contributed by atoms with van der Waals surface area (Å²) < 4.78 is 0. The molecule has 3 aromatic rings. The number of hydrogen-bond acceptors (Lipinski definition) is 2. The molecule has 0 radical (unpaired) electrons. The number of aromatic amines is 1. The van der Waals surface area contributed by atoms with Gasteiger partial charge in [0.2, 0.25) is 0 Å². The molecule has 0 fully saturated rings. The molecule has 0 saturated carbocycles. The van der Waals surface area contributed by atoms with E-state index in [-0.39, 0.29) is 5.56 Å². The predicted octanol–water partition coefficient (Wildman–Crippen LogP) is 4.17. The van der Waals surface area contributed by atoms with Gasteiger partial charge in [0.15, 0.2) is 0 Å².